The van der Waals surface area contributed by atoms with E-state index < -0.39 is 0 Å². The van der Waals surface area contributed by atoms with Gasteiger partial charge in [0.05, 0.1) is 0 Å². The Bertz CT molecular complexity index is 157. The average Bonchev–Trinajstić information content (AvgIpc) is 2.23. The summed E-state index contributed by atoms with van der Waals surface area (Å²) in [5.74, 6) is 1.75. The standard InChI is InChI=1S/C15H30/c1-6-8-10-13(3)11-12-15(5)14(4)9-7-2/h14-15H,3,6-12H2,1-2,4-5H3. The van der Waals surface area contributed by atoms with E-state index in [1.807, 2.05) is 0 Å². The molecule has 0 aliphatic heterocycles. The van der Waals surface area contributed by atoms with Gasteiger partial charge in [0, 0.05) is 0 Å². The minimum Gasteiger partial charge on any atom is -0.0999 e. The lowest BCUT2D eigenvalue weighted by molar-refractivity contribution is 0.340. The SMILES string of the molecule is C=C(CCCC)CCC(C)C(C)CCC. The second kappa shape index (κ2) is 9.00. The number of rotatable bonds is 9. The molecule has 0 heterocycles. The predicted molar refractivity (Wildman–Crippen MR) is 71.1 cm³/mol. The van der Waals surface area contributed by atoms with E-state index in [4.69, 9.17) is 0 Å². The van der Waals surface area contributed by atoms with Gasteiger partial charge in [0.2, 0.25) is 0 Å². The first kappa shape index (κ1) is 14.7. The van der Waals surface area contributed by atoms with Crippen molar-refractivity contribution in [1.82, 2.24) is 0 Å². The predicted octanol–water partition coefficient (Wildman–Crippen LogP) is 5.59. The summed E-state index contributed by atoms with van der Waals surface area (Å²) in [6, 6.07) is 0. The molecule has 0 heteroatoms. The van der Waals surface area contributed by atoms with Gasteiger partial charge in [-0.1, -0.05) is 59.1 Å². The van der Waals surface area contributed by atoms with E-state index in [1.54, 1.807) is 0 Å². The van der Waals surface area contributed by atoms with Gasteiger partial charge in [0.1, 0.15) is 0 Å². The van der Waals surface area contributed by atoms with Crippen molar-refractivity contribution in [1.29, 1.82) is 0 Å². The van der Waals surface area contributed by atoms with E-state index in [1.165, 1.54) is 50.5 Å². The van der Waals surface area contributed by atoms with Crippen LogP contribution < -0.4 is 0 Å². The second-order valence-electron chi connectivity index (χ2n) is 5.14. The Morgan fingerprint density at radius 3 is 2.07 bits per heavy atom. The molecule has 15 heavy (non-hydrogen) atoms. The first-order valence-corrected chi connectivity index (χ1v) is 6.78. The lowest BCUT2D eigenvalue weighted by Crippen LogP contribution is -2.07. The maximum absolute atomic E-state index is 4.17. The Balaban J connectivity index is 3.60. The topological polar surface area (TPSA) is 0 Å². The summed E-state index contributed by atoms with van der Waals surface area (Å²) in [7, 11) is 0. The number of hydrogen-bond acceptors (Lipinski definition) is 0. The molecule has 0 aliphatic carbocycles. The molecule has 0 aromatic carbocycles. The van der Waals surface area contributed by atoms with Gasteiger partial charge in [-0.05, 0) is 37.5 Å². The lowest BCUT2D eigenvalue weighted by atomic mass is 9.87. The lowest BCUT2D eigenvalue weighted by Gasteiger charge is -2.19. The van der Waals surface area contributed by atoms with Gasteiger partial charge in [-0.3, -0.25) is 0 Å². The van der Waals surface area contributed by atoms with Crippen LogP contribution in [0.15, 0.2) is 12.2 Å². The molecule has 0 aromatic rings. The van der Waals surface area contributed by atoms with Crippen LogP contribution in [0.5, 0.6) is 0 Å². The third-order valence-electron chi connectivity index (χ3n) is 3.55. The summed E-state index contributed by atoms with van der Waals surface area (Å²) in [4.78, 5) is 0. The van der Waals surface area contributed by atoms with Gasteiger partial charge in [0.15, 0.2) is 0 Å². The summed E-state index contributed by atoms with van der Waals surface area (Å²) in [6.07, 6.45) is 9.13. The van der Waals surface area contributed by atoms with Gasteiger partial charge in [-0.2, -0.15) is 0 Å². The highest BCUT2D eigenvalue weighted by atomic mass is 14.2. The Kier molecular flexibility index (Phi) is 8.85. The molecule has 0 fully saturated rings. The molecule has 0 N–H and O–H groups in total. The largest absolute Gasteiger partial charge is 0.0999 e. The van der Waals surface area contributed by atoms with Crippen molar-refractivity contribution in [2.75, 3.05) is 0 Å². The van der Waals surface area contributed by atoms with Crippen LogP contribution in [0, 0.1) is 11.8 Å². The molecular weight excluding hydrogens is 180 g/mol. The second-order valence-corrected chi connectivity index (χ2v) is 5.14. The van der Waals surface area contributed by atoms with Crippen molar-refractivity contribution < 1.29 is 0 Å². The van der Waals surface area contributed by atoms with E-state index in [0.717, 1.165) is 11.8 Å². The summed E-state index contributed by atoms with van der Waals surface area (Å²) >= 11 is 0. The van der Waals surface area contributed by atoms with Crippen LogP contribution in [-0.4, -0.2) is 0 Å². The van der Waals surface area contributed by atoms with Gasteiger partial charge in [-0.15, -0.1) is 0 Å². The van der Waals surface area contributed by atoms with Crippen molar-refractivity contribution in [3.05, 3.63) is 12.2 Å². The zero-order valence-electron chi connectivity index (χ0n) is 11.3. The Morgan fingerprint density at radius 1 is 0.933 bits per heavy atom. The number of unbranched alkanes of at least 4 members (excludes halogenated alkanes) is 1. The molecule has 0 saturated heterocycles. The molecule has 90 valence electrons. The number of hydrogen-bond donors (Lipinski definition) is 0. The number of allylic oxidation sites excluding steroid dienone is 1. The monoisotopic (exact) mass is 210 g/mol. The summed E-state index contributed by atoms with van der Waals surface area (Å²) in [6.45, 7) is 13.5. The molecule has 0 aromatic heterocycles. The molecule has 0 amide bonds. The van der Waals surface area contributed by atoms with Crippen LogP contribution in [0.1, 0.15) is 72.6 Å². The first-order valence-electron chi connectivity index (χ1n) is 6.78. The normalized spacial score (nSPS) is 14.9. The van der Waals surface area contributed by atoms with Crippen LogP contribution in [0.4, 0.5) is 0 Å². The van der Waals surface area contributed by atoms with Crippen LogP contribution in [0.25, 0.3) is 0 Å². The van der Waals surface area contributed by atoms with E-state index in [9.17, 15) is 0 Å². The van der Waals surface area contributed by atoms with Crippen molar-refractivity contribution in [3.63, 3.8) is 0 Å². The fourth-order valence-corrected chi connectivity index (χ4v) is 2.01. The summed E-state index contributed by atoms with van der Waals surface area (Å²) in [5, 5.41) is 0. The average molecular weight is 210 g/mol. The van der Waals surface area contributed by atoms with E-state index in [-0.39, 0.29) is 0 Å². The highest BCUT2D eigenvalue weighted by Gasteiger charge is 2.11. The highest BCUT2D eigenvalue weighted by Crippen LogP contribution is 2.24. The molecule has 0 bridgehead atoms. The van der Waals surface area contributed by atoms with Crippen molar-refractivity contribution in [2.45, 2.75) is 72.6 Å². The third-order valence-corrected chi connectivity index (χ3v) is 3.55. The van der Waals surface area contributed by atoms with E-state index >= 15 is 0 Å². The minimum absolute atomic E-state index is 0.864. The highest BCUT2D eigenvalue weighted by molar-refractivity contribution is 4.93. The molecule has 0 radical (unpaired) electrons. The smallest absolute Gasteiger partial charge is 0.0320 e. The molecule has 2 unspecified atom stereocenters. The molecular formula is C15H30. The quantitative estimate of drug-likeness (QED) is 0.435. The fourth-order valence-electron chi connectivity index (χ4n) is 2.01. The Labute approximate surface area is 97.2 Å². The van der Waals surface area contributed by atoms with Gasteiger partial charge in [0.25, 0.3) is 0 Å². The maximum Gasteiger partial charge on any atom is -0.0320 e. The maximum atomic E-state index is 4.17. The van der Waals surface area contributed by atoms with Crippen molar-refractivity contribution in [2.24, 2.45) is 11.8 Å². The fraction of sp³-hybridized carbons (Fsp3) is 0.867. The van der Waals surface area contributed by atoms with Crippen molar-refractivity contribution in [3.8, 4) is 0 Å². The Morgan fingerprint density at radius 2 is 1.53 bits per heavy atom. The van der Waals surface area contributed by atoms with Crippen LogP contribution in [-0.2, 0) is 0 Å². The summed E-state index contributed by atoms with van der Waals surface area (Å²) < 4.78 is 0. The van der Waals surface area contributed by atoms with E-state index in [0.29, 0.717) is 0 Å². The third kappa shape index (κ3) is 7.64. The molecule has 0 aliphatic rings. The zero-order chi connectivity index (χ0) is 11.7. The summed E-state index contributed by atoms with van der Waals surface area (Å²) in [5.41, 5.74) is 1.47. The van der Waals surface area contributed by atoms with Crippen LogP contribution in [0.2, 0.25) is 0 Å². The van der Waals surface area contributed by atoms with Gasteiger partial charge < -0.3 is 0 Å². The molecule has 0 saturated carbocycles. The van der Waals surface area contributed by atoms with Gasteiger partial charge in [-0.25, -0.2) is 0 Å². The van der Waals surface area contributed by atoms with Gasteiger partial charge >= 0.3 is 0 Å². The Hall–Kier alpha value is -0.260. The van der Waals surface area contributed by atoms with Crippen molar-refractivity contribution >= 4 is 0 Å². The molecule has 2 atom stereocenters. The molecule has 0 spiro atoms. The minimum atomic E-state index is 0.864. The van der Waals surface area contributed by atoms with E-state index in [2.05, 4.69) is 34.3 Å². The van der Waals surface area contributed by atoms with Crippen LogP contribution in [0.3, 0.4) is 0 Å². The first-order chi connectivity index (χ1) is 7.11. The molecule has 0 nitrogen and oxygen atoms in total. The zero-order valence-corrected chi connectivity index (χ0v) is 11.3. The molecule has 0 rings (SSSR count). The van der Waals surface area contributed by atoms with Crippen LogP contribution >= 0.6 is 0 Å².